The lowest BCUT2D eigenvalue weighted by Gasteiger charge is -2.25. The van der Waals surface area contributed by atoms with Crippen LogP contribution in [0.2, 0.25) is 0 Å². The summed E-state index contributed by atoms with van der Waals surface area (Å²) in [5.41, 5.74) is 1.44. The van der Waals surface area contributed by atoms with E-state index in [2.05, 4.69) is 33.0 Å². The first-order chi connectivity index (χ1) is 6.77. The SMILES string of the molecule is Brc1cc(C2CCC2)ccn1.O=CO. The zero-order chi connectivity index (χ0) is 10.4. The molecule has 0 amide bonds. The van der Waals surface area contributed by atoms with Gasteiger partial charge in [-0.1, -0.05) is 6.42 Å². The van der Waals surface area contributed by atoms with Gasteiger partial charge in [0.25, 0.3) is 6.47 Å². The van der Waals surface area contributed by atoms with Crippen LogP contribution in [0, 0.1) is 0 Å². The Morgan fingerprint density at radius 1 is 1.57 bits per heavy atom. The van der Waals surface area contributed by atoms with Crippen molar-refractivity contribution in [3.8, 4) is 0 Å². The van der Waals surface area contributed by atoms with Crippen LogP contribution in [0.5, 0.6) is 0 Å². The Hall–Kier alpha value is -0.900. The minimum Gasteiger partial charge on any atom is -0.483 e. The van der Waals surface area contributed by atoms with E-state index >= 15 is 0 Å². The summed E-state index contributed by atoms with van der Waals surface area (Å²) in [6.07, 6.45) is 5.98. The average Bonchev–Trinajstić information content (AvgIpc) is 2.02. The molecule has 0 aliphatic heterocycles. The number of rotatable bonds is 1. The maximum Gasteiger partial charge on any atom is 0.290 e. The Balaban J connectivity index is 0.000000293. The molecule has 1 heterocycles. The minimum absolute atomic E-state index is 0.250. The molecule has 1 aromatic rings. The van der Waals surface area contributed by atoms with E-state index in [0.717, 1.165) is 10.5 Å². The van der Waals surface area contributed by atoms with Crippen LogP contribution in [0.1, 0.15) is 30.7 Å². The third-order valence-corrected chi connectivity index (χ3v) is 2.76. The lowest BCUT2D eigenvalue weighted by Crippen LogP contribution is -2.08. The lowest BCUT2D eigenvalue weighted by atomic mass is 9.80. The fourth-order valence-corrected chi connectivity index (χ4v) is 1.80. The number of nitrogens with zero attached hydrogens (tertiary/aromatic N) is 1. The Labute approximate surface area is 91.3 Å². The molecule has 76 valence electrons. The molecule has 1 aromatic heterocycles. The zero-order valence-corrected chi connectivity index (χ0v) is 9.27. The summed E-state index contributed by atoms with van der Waals surface area (Å²) >= 11 is 3.37. The average molecular weight is 258 g/mol. The van der Waals surface area contributed by atoms with E-state index < -0.39 is 0 Å². The molecule has 1 fully saturated rings. The first-order valence-corrected chi connectivity index (χ1v) is 5.26. The number of hydrogen-bond donors (Lipinski definition) is 1. The van der Waals surface area contributed by atoms with Gasteiger partial charge in [0.05, 0.1) is 0 Å². The van der Waals surface area contributed by atoms with Crippen molar-refractivity contribution in [2.45, 2.75) is 25.2 Å². The summed E-state index contributed by atoms with van der Waals surface area (Å²) in [4.78, 5) is 12.5. The van der Waals surface area contributed by atoms with Gasteiger partial charge in [0, 0.05) is 6.20 Å². The minimum atomic E-state index is -0.250. The Bertz CT molecular complexity index is 300. The third kappa shape index (κ3) is 3.10. The first-order valence-electron chi connectivity index (χ1n) is 4.47. The van der Waals surface area contributed by atoms with Crippen molar-refractivity contribution in [3.05, 3.63) is 28.5 Å². The summed E-state index contributed by atoms with van der Waals surface area (Å²) < 4.78 is 0.960. The van der Waals surface area contributed by atoms with E-state index in [-0.39, 0.29) is 6.47 Å². The highest BCUT2D eigenvalue weighted by atomic mass is 79.9. The molecule has 1 aliphatic rings. The van der Waals surface area contributed by atoms with E-state index in [0.29, 0.717) is 0 Å². The van der Waals surface area contributed by atoms with Crippen LogP contribution in [-0.4, -0.2) is 16.6 Å². The quantitative estimate of drug-likeness (QED) is 0.622. The summed E-state index contributed by atoms with van der Waals surface area (Å²) in [5, 5.41) is 6.89. The van der Waals surface area contributed by atoms with E-state index in [9.17, 15) is 0 Å². The molecule has 0 radical (unpaired) electrons. The van der Waals surface area contributed by atoms with Gasteiger partial charge in [0.1, 0.15) is 4.60 Å². The zero-order valence-electron chi connectivity index (χ0n) is 7.69. The molecule has 0 bridgehead atoms. The van der Waals surface area contributed by atoms with Gasteiger partial charge in [-0.3, -0.25) is 4.79 Å². The Kier molecular flexibility index (Phi) is 4.59. The van der Waals surface area contributed by atoms with Gasteiger partial charge in [-0.25, -0.2) is 4.98 Å². The van der Waals surface area contributed by atoms with Crippen LogP contribution < -0.4 is 0 Å². The molecule has 0 atom stereocenters. The van der Waals surface area contributed by atoms with Crippen LogP contribution in [0.4, 0.5) is 0 Å². The fraction of sp³-hybridized carbons (Fsp3) is 0.400. The van der Waals surface area contributed by atoms with Crippen LogP contribution in [0.15, 0.2) is 22.9 Å². The Morgan fingerprint density at radius 2 is 2.21 bits per heavy atom. The van der Waals surface area contributed by atoms with E-state index in [1.807, 2.05) is 6.20 Å². The summed E-state index contributed by atoms with van der Waals surface area (Å²) in [6, 6.07) is 4.25. The van der Waals surface area contributed by atoms with Crippen LogP contribution in [-0.2, 0) is 4.79 Å². The largest absolute Gasteiger partial charge is 0.483 e. The van der Waals surface area contributed by atoms with Gasteiger partial charge >= 0.3 is 0 Å². The predicted octanol–water partition coefficient (Wildman–Crippen LogP) is 2.81. The molecule has 0 saturated heterocycles. The van der Waals surface area contributed by atoms with Crippen LogP contribution in [0.3, 0.4) is 0 Å². The van der Waals surface area contributed by atoms with Crippen LogP contribution in [0.25, 0.3) is 0 Å². The van der Waals surface area contributed by atoms with Gasteiger partial charge in [-0.15, -0.1) is 0 Å². The van der Waals surface area contributed by atoms with Gasteiger partial charge < -0.3 is 5.11 Å². The van der Waals surface area contributed by atoms with Gasteiger partial charge in [0.15, 0.2) is 0 Å². The molecule has 1 aliphatic carbocycles. The number of carbonyl (C=O) groups is 1. The van der Waals surface area contributed by atoms with Gasteiger partial charge in [0.2, 0.25) is 0 Å². The fourth-order valence-electron chi connectivity index (χ4n) is 1.41. The highest BCUT2D eigenvalue weighted by Gasteiger charge is 2.19. The van der Waals surface area contributed by atoms with Crippen molar-refractivity contribution >= 4 is 22.4 Å². The van der Waals surface area contributed by atoms with Gasteiger partial charge in [-0.2, -0.15) is 0 Å². The molecular formula is C10H12BrNO2. The second kappa shape index (κ2) is 5.75. The molecule has 14 heavy (non-hydrogen) atoms. The van der Waals surface area contributed by atoms with Crippen molar-refractivity contribution in [1.82, 2.24) is 4.98 Å². The topological polar surface area (TPSA) is 50.2 Å². The molecule has 4 heteroatoms. The number of halogens is 1. The number of hydrogen-bond acceptors (Lipinski definition) is 2. The van der Waals surface area contributed by atoms with Crippen molar-refractivity contribution in [1.29, 1.82) is 0 Å². The van der Waals surface area contributed by atoms with E-state index in [4.69, 9.17) is 9.90 Å². The highest BCUT2D eigenvalue weighted by molar-refractivity contribution is 9.10. The second-order valence-electron chi connectivity index (χ2n) is 3.15. The van der Waals surface area contributed by atoms with Crippen molar-refractivity contribution in [2.75, 3.05) is 0 Å². The smallest absolute Gasteiger partial charge is 0.290 e. The normalized spacial score (nSPS) is 14.9. The summed E-state index contributed by atoms with van der Waals surface area (Å²) in [5.74, 6) is 0.814. The monoisotopic (exact) mass is 257 g/mol. The lowest BCUT2D eigenvalue weighted by molar-refractivity contribution is -0.122. The van der Waals surface area contributed by atoms with Crippen molar-refractivity contribution < 1.29 is 9.90 Å². The number of aromatic nitrogens is 1. The van der Waals surface area contributed by atoms with E-state index in [1.165, 1.54) is 24.8 Å². The predicted molar refractivity (Wildman–Crippen MR) is 57.2 cm³/mol. The molecule has 0 spiro atoms. The molecule has 1 N–H and O–H groups in total. The summed E-state index contributed by atoms with van der Waals surface area (Å²) in [6.45, 7) is -0.250. The maximum atomic E-state index is 8.36. The first kappa shape index (κ1) is 11.2. The molecular weight excluding hydrogens is 246 g/mol. The number of carboxylic acid groups (broad SMARTS) is 1. The molecule has 2 rings (SSSR count). The second-order valence-corrected chi connectivity index (χ2v) is 3.96. The number of pyridine rings is 1. The standard InChI is InChI=1S/C9H10BrN.CH2O2/c10-9-6-8(4-5-11-9)7-2-1-3-7;2-1-3/h4-7H,1-3H2;1H,(H,2,3). The molecule has 3 nitrogen and oxygen atoms in total. The molecule has 1 saturated carbocycles. The van der Waals surface area contributed by atoms with Crippen molar-refractivity contribution in [3.63, 3.8) is 0 Å². The molecule has 0 unspecified atom stereocenters. The maximum absolute atomic E-state index is 8.36. The third-order valence-electron chi connectivity index (χ3n) is 2.33. The highest BCUT2D eigenvalue weighted by Crippen LogP contribution is 2.36. The van der Waals surface area contributed by atoms with E-state index in [1.54, 1.807) is 0 Å². The Morgan fingerprint density at radius 3 is 2.64 bits per heavy atom. The molecule has 0 aromatic carbocycles. The van der Waals surface area contributed by atoms with Gasteiger partial charge in [-0.05, 0) is 52.4 Å². The van der Waals surface area contributed by atoms with Crippen LogP contribution >= 0.6 is 15.9 Å². The van der Waals surface area contributed by atoms with Crippen molar-refractivity contribution in [2.24, 2.45) is 0 Å². The summed E-state index contributed by atoms with van der Waals surface area (Å²) in [7, 11) is 0.